The number of phenols is 1. The van der Waals surface area contributed by atoms with Crippen LogP contribution in [0.5, 0.6) is 17.2 Å². The van der Waals surface area contributed by atoms with Gasteiger partial charge in [0, 0.05) is 6.92 Å². The lowest BCUT2D eigenvalue weighted by Crippen LogP contribution is -2.27. The van der Waals surface area contributed by atoms with Crippen LogP contribution in [0.3, 0.4) is 0 Å². The van der Waals surface area contributed by atoms with Gasteiger partial charge in [0.15, 0.2) is 0 Å². The molecule has 0 fully saturated rings. The van der Waals surface area contributed by atoms with Gasteiger partial charge in [0.05, 0.1) is 29.2 Å². The molecule has 4 aromatic carbocycles. The van der Waals surface area contributed by atoms with Crippen molar-refractivity contribution in [1.29, 1.82) is 0 Å². The fraction of sp³-hybridized carbons (Fsp3) is 0.103. The number of anilines is 3. The zero-order chi connectivity index (χ0) is 28.1. The molecular formula is C29H26N2O7S. The number of phenolic OH excluding ortho intramolecular Hbond substituents is 1. The van der Waals surface area contributed by atoms with Crippen molar-refractivity contribution in [2.45, 2.75) is 20.4 Å². The van der Waals surface area contributed by atoms with E-state index in [1.54, 1.807) is 66.7 Å². The van der Waals surface area contributed by atoms with E-state index in [1.165, 1.54) is 36.1 Å². The van der Waals surface area contributed by atoms with Crippen LogP contribution in [0.25, 0.3) is 0 Å². The molecule has 1 atom stereocenters. The number of benzene rings is 4. The van der Waals surface area contributed by atoms with Gasteiger partial charge < -0.3 is 19.8 Å². The zero-order valence-electron chi connectivity index (χ0n) is 21.1. The van der Waals surface area contributed by atoms with Crippen LogP contribution in [0, 0.1) is 6.92 Å². The first kappa shape index (κ1) is 27.4. The van der Waals surface area contributed by atoms with Crippen LogP contribution in [-0.2, 0) is 22.6 Å². The Bertz CT molecular complexity index is 1520. The maximum atomic E-state index is 12.2. The Morgan fingerprint density at radius 2 is 1.51 bits per heavy atom. The van der Waals surface area contributed by atoms with E-state index < -0.39 is 17.2 Å². The van der Waals surface area contributed by atoms with Crippen molar-refractivity contribution in [3.63, 3.8) is 0 Å². The minimum absolute atomic E-state index is 0.00342. The van der Waals surface area contributed by atoms with E-state index in [0.717, 1.165) is 15.4 Å². The van der Waals surface area contributed by atoms with E-state index in [9.17, 15) is 28.6 Å². The first-order valence-corrected chi connectivity index (χ1v) is 12.9. The van der Waals surface area contributed by atoms with Crippen LogP contribution in [0.1, 0.15) is 28.4 Å². The molecule has 4 rings (SSSR count). The van der Waals surface area contributed by atoms with Gasteiger partial charge >= 0.3 is 5.97 Å². The molecule has 0 aliphatic heterocycles. The molecule has 39 heavy (non-hydrogen) atoms. The second kappa shape index (κ2) is 11.8. The third-order valence-corrected chi connectivity index (χ3v) is 6.61. The van der Waals surface area contributed by atoms with Gasteiger partial charge in [-0.05, 0) is 67.1 Å². The molecule has 1 amide bonds. The number of rotatable bonds is 9. The molecular weight excluding hydrogens is 520 g/mol. The monoisotopic (exact) mass is 546 g/mol. The summed E-state index contributed by atoms with van der Waals surface area (Å²) in [6, 6.07) is 24.4. The maximum absolute atomic E-state index is 12.2. The number of carboxylic acids is 1. The fourth-order valence-corrected chi connectivity index (χ4v) is 4.59. The smallest absolute Gasteiger partial charge is 0.337 e. The molecule has 3 N–H and O–H groups in total. The number of hydrogen-bond donors (Lipinski definition) is 3. The predicted octanol–water partition coefficient (Wildman–Crippen LogP) is 6.02. The van der Waals surface area contributed by atoms with Crippen molar-refractivity contribution in [2.75, 3.05) is 9.21 Å². The maximum Gasteiger partial charge on any atom is 0.337 e. The Hall–Kier alpha value is -4.67. The van der Waals surface area contributed by atoms with Gasteiger partial charge in [0.25, 0.3) is 11.3 Å². The van der Waals surface area contributed by atoms with Crippen molar-refractivity contribution >= 4 is 40.2 Å². The normalized spacial score (nSPS) is 11.5. The molecule has 0 heterocycles. The van der Waals surface area contributed by atoms with E-state index in [4.69, 9.17) is 4.74 Å². The molecule has 4 aromatic rings. The molecule has 9 nitrogen and oxygen atoms in total. The number of carbonyl (C=O) groups excluding carboxylic acids is 1. The number of aryl methyl sites for hydroxylation is 1. The SMILES string of the molecule is CC(=O)N(Cc1ccc(Oc2ccc(N(c3ccc(C)cc3)S(=O)O)c(C(=O)O)c2)cc1)c1ccccc1O. The van der Waals surface area contributed by atoms with E-state index in [2.05, 4.69) is 0 Å². The Morgan fingerprint density at radius 3 is 2.10 bits per heavy atom. The van der Waals surface area contributed by atoms with Crippen molar-refractivity contribution in [2.24, 2.45) is 0 Å². The number of hydrogen-bond acceptors (Lipinski definition) is 5. The number of carbonyl (C=O) groups is 2. The van der Waals surface area contributed by atoms with Crippen LogP contribution >= 0.6 is 0 Å². The topological polar surface area (TPSA) is 128 Å². The highest BCUT2D eigenvalue weighted by Gasteiger charge is 2.23. The first-order chi connectivity index (χ1) is 18.6. The summed E-state index contributed by atoms with van der Waals surface area (Å²) in [5, 5.41) is 20.0. The molecule has 200 valence electrons. The second-order valence-corrected chi connectivity index (χ2v) is 9.51. The predicted molar refractivity (Wildman–Crippen MR) is 149 cm³/mol. The van der Waals surface area contributed by atoms with E-state index in [-0.39, 0.29) is 35.2 Å². The highest BCUT2D eigenvalue weighted by molar-refractivity contribution is 7.81. The molecule has 0 aromatic heterocycles. The summed E-state index contributed by atoms with van der Waals surface area (Å²) >= 11 is -2.52. The molecule has 10 heteroatoms. The summed E-state index contributed by atoms with van der Waals surface area (Å²) in [4.78, 5) is 25.7. The Kier molecular flexibility index (Phi) is 8.28. The molecule has 0 saturated heterocycles. The summed E-state index contributed by atoms with van der Waals surface area (Å²) < 4.78 is 29.0. The van der Waals surface area contributed by atoms with Gasteiger partial charge in [-0.15, -0.1) is 0 Å². The summed E-state index contributed by atoms with van der Waals surface area (Å²) in [6.07, 6.45) is 0. The number of ether oxygens (including phenoxy) is 1. The molecule has 0 saturated carbocycles. The number of aromatic carboxylic acids is 1. The summed E-state index contributed by atoms with van der Waals surface area (Å²) in [5.41, 5.74) is 2.30. The minimum atomic E-state index is -2.52. The first-order valence-electron chi connectivity index (χ1n) is 11.8. The van der Waals surface area contributed by atoms with Gasteiger partial charge in [0.2, 0.25) is 5.91 Å². The third kappa shape index (κ3) is 6.43. The van der Waals surface area contributed by atoms with Gasteiger partial charge in [-0.25, -0.2) is 13.3 Å². The van der Waals surface area contributed by atoms with E-state index >= 15 is 0 Å². The van der Waals surface area contributed by atoms with Gasteiger partial charge in [-0.3, -0.25) is 9.35 Å². The van der Waals surface area contributed by atoms with E-state index in [0.29, 0.717) is 17.1 Å². The van der Waals surface area contributed by atoms with Crippen molar-refractivity contribution in [1.82, 2.24) is 0 Å². The standard InChI is InChI=1S/C29H26N2O7S/c1-19-7-11-22(12-8-19)31(39(36)37)26-16-15-24(17-25(26)29(34)35)38-23-13-9-21(10-14-23)18-30(20(2)32)27-5-3-4-6-28(27)33/h3-17,33H,18H2,1-2H3,(H,34,35)(H,36,37). The minimum Gasteiger partial charge on any atom is -0.506 e. The fourth-order valence-electron chi connectivity index (χ4n) is 3.96. The summed E-state index contributed by atoms with van der Waals surface area (Å²) in [7, 11) is 0. The quantitative estimate of drug-likeness (QED) is 0.219. The lowest BCUT2D eigenvalue weighted by molar-refractivity contribution is -0.116. The van der Waals surface area contributed by atoms with Gasteiger partial charge in [0.1, 0.15) is 17.2 Å². The van der Waals surface area contributed by atoms with Gasteiger partial charge in [-0.2, -0.15) is 0 Å². The lowest BCUT2D eigenvalue weighted by Gasteiger charge is -2.23. The number of carboxylic acid groups (broad SMARTS) is 1. The molecule has 0 spiro atoms. The highest BCUT2D eigenvalue weighted by atomic mass is 32.2. The molecule has 1 unspecified atom stereocenters. The van der Waals surface area contributed by atoms with Gasteiger partial charge in [-0.1, -0.05) is 42.0 Å². The van der Waals surface area contributed by atoms with Crippen molar-refractivity contribution in [3.05, 3.63) is 108 Å². The van der Waals surface area contributed by atoms with Crippen molar-refractivity contribution < 1.29 is 33.3 Å². The summed E-state index contributed by atoms with van der Waals surface area (Å²) in [6.45, 7) is 3.51. The third-order valence-electron chi connectivity index (χ3n) is 5.89. The number of para-hydroxylation sites is 2. The molecule has 0 aliphatic rings. The Balaban J connectivity index is 1.56. The van der Waals surface area contributed by atoms with Crippen LogP contribution in [0.15, 0.2) is 91.0 Å². The van der Waals surface area contributed by atoms with Crippen LogP contribution < -0.4 is 13.9 Å². The average Bonchev–Trinajstić information content (AvgIpc) is 2.90. The Morgan fingerprint density at radius 1 is 0.872 bits per heavy atom. The Labute approximate surface area is 227 Å². The number of amides is 1. The molecule has 0 radical (unpaired) electrons. The number of aromatic hydroxyl groups is 1. The van der Waals surface area contributed by atoms with Crippen LogP contribution in [-0.4, -0.2) is 30.9 Å². The molecule has 0 aliphatic carbocycles. The van der Waals surface area contributed by atoms with Crippen LogP contribution in [0.2, 0.25) is 0 Å². The van der Waals surface area contributed by atoms with Crippen molar-refractivity contribution in [3.8, 4) is 17.2 Å². The largest absolute Gasteiger partial charge is 0.506 e. The zero-order valence-corrected chi connectivity index (χ0v) is 22.0. The second-order valence-electron chi connectivity index (χ2n) is 8.68. The van der Waals surface area contributed by atoms with E-state index in [1.807, 2.05) is 6.92 Å². The summed E-state index contributed by atoms with van der Waals surface area (Å²) in [5.74, 6) is -0.892. The number of nitrogens with zero attached hydrogens (tertiary/aromatic N) is 2. The highest BCUT2D eigenvalue weighted by Crippen LogP contribution is 2.34. The average molecular weight is 547 g/mol. The molecule has 0 bridgehead atoms. The lowest BCUT2D eigenvalue weighted by atomic mass is 10.1. The van der Waals surface area contributed by atoms with Crippen LogP contribution in [0.4, 0.5) is 17.1 Å².